The molecule has 42 heavy (non-hydrogen) atoms. The van der Waals surface area contributed by atoms with Gasteiger partial charge in [0.15, 0.2) is 0 Å². The zero-order valence-electron chi connectivity index (χ0n) is 23.1. The first-order chi connectivity index (χ1) is 20.5. The molecule has 6 nitrogen and oxygen atoms in total. The number of aromatic hydroxyl groups is 1. The van der Waals surface area contributed by atoms with Gasteiger partial charge in [0.05, 0.1) is 6.61 Å². The van der Waals surface area contributed by atoms with E-state index in [0.717, 1.165) is 38.2 Å². The molecular weight excluding hydrogens is 524 g/mol. The van der Waals surface area contributed by atoms with Gasteiger partial charge in [-0.3, -0.25) is 0 Å². The molecule has 0 saturated heterocycles. The average Bonchev–Trinajstić information content (AvgIpc) is 3.01. The molecule has 0 aliphatic heterocycles. The number of hydrogen-bond donors (Lipinski definition) is 4. The molecule has 0 atom stereocenters. The monoisotopic (exact) mass is 554 g/mol. The number of carbonyl (C=O) groups excluding carboxylic acids is 1. The summed E-state index contributed by atoms with van der Waals surface area (Å²) in [5.41, 5.74) is 5.15. The molecule has 0 aromatic heterocycles. The molecule has 0 heterocycles. The van der Waals surface area contributed by atoms with Gasteiger partial charge in [-0.1, -0.05) is 84.4 Å². The Morgan fingerprint density at radius 2 is 1.40 bits per heavy atom. The van der Waals surface area contributed by atoms with Crippen LogP contribution in [0.5, 0.6) is 11.5 Å². The van der Waals surface area contributed by atoms with Gasteiger partial charge in [0, 0.05) is 28.1 Å². The van der Waals surface area contributed by atoms with E-state index in [2.05, 4.69) is 10.6 Å². The van der Waals surface area contributed by atoms with E-state index in [1.807, 2.05) is 122 Å². The highest BCUT2D eigenvalue weighted by Crippen LogP contribution is 2.46. The van der Waals surface area contributed by atoms with Gasteiger partial charge in [-0.25, -0.2) is 4.79 Å². The zero-order valence-corrected chi connectivity index (χ0v) is 23.1. The lowest BCUT2D eigenvalue weighted by Crippen LogP contribution is -2.19. The number of hydrogen-bond acceptors (Lipinski definition) is 4. The van der Waals surface area contributed by atoms with Gasteiger partial charge in [0.1, 0.15) is 18.1 Å². The molecule has 6 aromatic carbocycles. The third-order valence-electron chi connectivity index (χ3n) is 7.30. The van der Waals surface area contributed by atoms with Crippen molar-refractivity contribution < 1.29 is 19.7 Å². The summed E-state index contributed by atoms with van der Waals surface area (Å²) in [6.07, 6.45) is 0. The van der Waals surface area contributed by atoms with Crippen LogP contribution in [0.1, 0.15) is 16.7 Å². The fraction of sp³-hybridized carbons (Fsp3) is 0.0833. The standard InChI is InChI=1S/C36H30N2O4/c1-23-13-16-28(17-14-23)37-36(41)38-29-10-6-7-24(19-29)22-42-32-18-15-25-8-2-4-11-30(25)33(32)34-31-12-5-3-9-26(31)20-27(21-39)35(34)40/h2-20,39-40H,21-22H2,1H3,(H2,37,38,41). The molecule has 6 heteroatoms. The Balaban J connectivity index is 1.32. The number of nitrogens with one attached hydrogen (secondary N) is 2. The quantitative estimate of drug-likeness (QED) is 0.160. The van der Waals surface area contributed by atoms with Crippen molar-refractivity contribution in [3.8, 4) is 22.6 Å². The van der Waals surface area contributed by atoms with Crippen LogP contribution in [0.15, 0.2) is 115 Å². The second kappa shape index (κ2) is 11.6. The average molecular weight is 555 g/mol. The molecule has 0 bridgehead atoms. The van der Waals surface area contributed by atoms with Crippen molar-refractivity contribution in [1.29, 1.82) is 0 Å². The van der Waals surface area contributed by atoms with E-state index in [-0.39, 0.29) is 25.0 Å². The largest absolute Gasteiger partial charge is 0.507 e. The minimum Gasteiger partial charge on any atom is -0.507 e. The lowest BCUT2D eigenvalue weighted by molar-refractivity contribution is 0.262. The number of aryl methyl sites for hydroxylation is 1. The first-order valence-electron chi connectivity index (χ1n) is 13.7. The normalized spacial score (nSPS) is 11.0. The second-order valence-electron chi connectivity index (χ2n) is 10.2. The van der Waals surface area contributed by atoms with Crippen LogP contribution in [0.25, 0.3) is 32.7 Å². The predicted molar refractivity (Wildman–Crippen MR) is 169 cm³/mol. The topological polar surface area (TPSA) is 90.8 Å². The van der Waals surface area contributed by atoms with E-state index >= 15 is 0 Å². The van der Waals surface area contributed by atoms with Crippen LogP contribution in [-0.2, 0) is 13.2 Å². The molecule has 0 spiro atoms. The SMILES string of the molecule is Cc1ccc(NC(=O)Nc2cccc(COc3ccc4ccccc4c3-c3c(O)c(CO)cc4ccccc34)c2)cc1. The summed E-state index contributed by atoms with van der Waals surface area (Å²) >= 11 is 0. The molecule has 0 aliphatic carbocycles. The summed E-state index contributed by atoms with van der Waals surface area (Å²) in [7, 11) is 0. The number of aliphatic hydroxyl groups excluding tert-OH is 1. The maximum atomic E-state index is 12.6. The zero-order chi connectivity index (χ0) is 29.1. The Morgan fingerprint density at radius 3 is 2.17 bits per heavy atom. The van der Waals surface area contributed by atoms with Gasteiger partial charge in [0.25, 0.3) is 0 Å². The van der Waals surface area contributed by atoms with Crippen molar-refractivity contribution in [1.82, 2.24) is 0 Å². The van der Waals surface area contributed by atoms with E-state index in [9.17, 15) is 15.0 Å². The lowest BCUT2D eigenvalue weighted by Gasteiger charge is -2.19. The minimum absolute atomic E-state index is 0.0307. The number of urea groups is 1. The fourth-order valence-electron chi connectivity index (χ4n) is 5.23. The number of phenols is 1. The van der Waals surface area contributed by atoms with Crippen LogP contribution in [0.4, 0.5) is 16.2 Å². The number of fused-ring (bicyclic) bond motifs is 2. The van der Waals surface area contributed by atoms with Crippen LogP contribution in [0, 0.1) is 6.92 Å². The van der Waals surface area contributed by atoms with Crippen molar-refractivity contribution in [3.05, 3.63) is 132 Å². The van der Waals surface area contributed by atoms with E-state index in [1.54, 1.807) is 0 Å². The van der Waals surface area contributed by atoms with Crippen molar-refractivity contribution in [2.75, 3.05) is 10.6 Å². The van der Waals surface area contributed by atoms with Gasteiger partial charge in [0.2, 0.25) is 0 Å². The summed E-state index contributed by atoms with van der Waals surface area (Å²) in [5, 5.41) is 30.9. The van der Waals surface area contributed by atoms with Crippen molar-refractivity contribution >= 4 is 39.0 Å². The lowest BCUT2D eigenvalue weighted by atomic mass is 9.90. The first kappa shape index (κ1) is 26.9. The summed E-state index contributed by atoms with van der Waals surface area (Å²) in [5.74, 6) is 0.628. The summed E-state index contributed by atoms with van der Waals surface area (Å²) in [6, 6.07) is 36.3. The Kier molecular flexibility index (Phi) is 7.45. The minimum atomic E-state index is -0.333. The Labute approximate surface area is 243 Å². The van der Waals surface area contributed by atoms with Crippen molar-refractivity contribution in [2.45, 2.75) is 20.1 Å². The van der Waals surface area contributed by atoms with Crippen LogP contribution in [0.3, 0.4) is 0 Å². The fourth-order valence-corrected chi connectivity index (χ4v) is 5.23. The molecule has 4 N–H and O–H groups in total. The predicted octanol–water partition coefficient (Wildman–Crippen LogP) is 8.39. The molecule has 2 amide bonds. The van der Waals surface area contributed by atoms with E-state index < -0.39 is 0 Å². The van der Waals surface area contributed by atoms with Crippen LogP contribution in [-0.4, -0.2) is 16.2 Å². The van der Waals surface area contributed by atoms with E-state index in [4.69, 9.17) is 4.74 Å². The van der Waals surface area contributed by atoms with Crippen LogP contribution >= 0.6 is 0 Å². The molecule has 0 saturated carbocycles. The number of benzene rings is 6. The maximum Gasteiger partial charge on any atom is 0.323 e. The number of carbonyl (C=O) groups is 1. The molecule has 0 fully saturated rings. The number of ether oxygens (including phenoxy) is 1. The molecule has 6 aromatic rings. The van der Waals surface area contributed by atoms with Crippen molar-refractivity contribution in [2.24, 2.45) is 0 Å². The maximum absolute atomic E-state index is 12.6. The first-order valence-corrected chi connectivity index (χ1v) is 13.7. The third-order valence-corrected chi connectivity index (χ3v) is 7.30. The summed E-state index contributed by atoms with van der Waals surface area (Å²) in [4.78, 5) is 12.6. The third kappa shape index (κ3) is 5.48. The summed E-state index contributed by atoms with van der Waals surface area (Å²) in [6.45, 7) is 1.94. The molecule has 0 radical (unpaired) electrons. The highest BCUT2D eigenvalue weighted by Gasteiger charge is 2.20. The molecular formula is C36H30N2O4. The van der Waals surface area contributed by atoms with E-state index in [1.165, 1.54) is 0 Å². The number of amides is 2. The molecule has 6 rings (SSSR count). The van der Waals surface area contributed by atoms with Gasteiger partial charge in [-0.2, -0.15) is 0 Å². The Morgan fingerprint density at radius 1 is 0.714 bits per heavy atom. The highest BCUT2D eigenvalue weighted by molar-refractivity contribution is 6.10. The summed E-state index contributed by atoms with van der Waals surface area (Å²) < 4.78 is 6.43. The van der Waals surface area contributed by atoms with Crippen LogP contribution < -0.4 is 15.4 Å². The van der Waals surface area contributed by atoms with Gasteiger partial charge in [-0.05, 0) is 70.4 Å². The molecule has 0 aliphatic rings. The van der Waals surface area contributed by atoms with Gasteiger partial charge in [-0.15, -0.1) is 0 Å². The second-order valence-corrected chi connectivity index (χ2v) is 10.2. The van der Waals surface area contributed by atoms with Gasteiger partial charge < -0.3 is 25.6 Å². The Hall–Kier alpha value is -5.33. The Bertz CT molecular complexity index is 1920. The van der Waals surface area contributed by atoms with Gasteiger partial charge >= 0.3 is 6.03 Å². The molecule has 208 valence electrons. The van der Waals surface area contributed by atoms with Crippen molar-refractivity contribution in [3.63, 3.8) is 0 Å². The highest BCUT2D eigenvalue weighted by atomic mass is 16.5. The number of aliphatic hydroxyl groups is 1. The van der Waals surface area contributed by atoms with Crippen LogP contribution in [0.2, 0.25) is 0 Å². The number of anilines is 2. The number of rotatable bonds is 7. The van der Waals surface area contributed by atoms with E-state index in [0.29, 0.717) is 28.3 Å². The smallest absolute Gasteiger partial charge is 0.323 e. The molecule has 0 unspecified atom stereocenters.